The molecule has 2 heterocycles. The molecule has 1 N–H and O–H groups in total. The van der Waals surface area contributed by atoms with Gasteiger partial charge in [-0.05, 0) is 5.56 Å². The van der Waals surface area contributed by atoms with Crippen molar-refractivity contribution in [3.05, 3.63) is 35.9 Å². The predicted molar refractivity (Wildman–Crippen MR) is 83.9 cm³/mol. The molecule has 0 aromatic heterocycles. The van der Waals surface area contributed by atoms with E-state index in [9.17, 15) is 8.42 Å². The lowest BCUT2D eigenvalue weighted by Gasteiger charge is -2.23. The van der Waals surface area contributed by atoms with E-state index in [1.165, 1.54) is 11.8 Å². The maximum Gasteiger partial charge on any atom is 0.157 e. The smallest absolute Gasteiger partial charge is 0.157 e. The summed E-state index contributed by atoms with van der Waals surface area (Å²) in [7, 11) is -2.91. The third-order valence-corrected chi connectivity index (χ3v) is 6.56. The van der Waals surface area contributed by atoms with Gasteiger partial charge < -0.3 is 4.90 Å². The van der Waals surface area contributed by atoms with Crippen LogP contribution in [-0.2, 0) is 16.4 Å². The molecule has 0 saturated carbocycles. The molecule has 2 aliphatic rings. The van der Waals surface area contributed by atoms with Crippen LogP contribution in [0.5, 0.6) is 0 Å². The first kappa shape index (κ1) is 14.9. The molecule has 4 nitrogen and oxygen atoms in total. The van der Waals surface area contributed by atoms with Crippen molar-refractivity contribution < 1.29 is 8.42 Å². The summed E-state index contributed by atoms with van der Waals surface area (Å²) in [6.45, 7) is 0.628. The Kier molecular flexibility index (Phi) is 4.27. The Bertz CT molecular complexity index is 577. The van der Waals surface area contributed by atoms with Crippen LogP contribution >= 0.6 is 28.7 Å². The van der Waals surface area contributed by atoms with Crippen LogP contribution in [0.3, 0.4) is 0 Å². The minimum atomic E-state index is -2.91. The first-order valence-electron chi connectivity index (χ1n) is 5.81. The fourth-order valence-electron chi connectivity index (χ4n) is 2.53. The van der Waals surface area contributed by atoms with Crippen molar-refractivity contribution in [3.63, 3.8) is 0 Å². The van der Waals surface area contributed by atoms with Gasteiger partial charge in [0, 0.05) is 11.8 Å². The molecule has 0 bridgehead atoms. The van der Waals surface area contributed by atoms with E-state index in [2.05, 4.69) is 0 Å². The van der Waals surface area contributed by atoms with E-state index in [0.29, 0.717) is 11.7 Å². The molecule has 2 saturated heterocycles. The number of nitrogens with zero attached hydrogens (tertiary/aromatic N) is 1. The summed E-state index contributed by atoms with van der Waals surface area (Å²) in [6, 6.07) is 9.88. The highest BCUT2D eigenvalue weighted by molar-refractivity contribution is 8.93. The van der Waals surface area contributed by atoms with Crippen molar-refractivity contribution in [1.82, 2.24) is 4.90 Å². The van der Waals surface area contributed by atoms with Gasteiger partial charge >= 0.3 is 0 Å². The lowest BCUT2D eigenvalue weighted by molar-refractivity contribution is 0.349. The monoisotopic (exact) mass is 362 g/mol. The van der Waals surface area contributed by atoms with Crippen LogP contribution in [0.15, 0.2) is 30.3 Å². The molecule has 1 aromatic rings. The van der Waals surface area contributed by atoms with Crippen LogP contribution < -0.4 is 0 Å². The fourth-order valence-corrected chi connectivity index (χ4v) is 6.36. The number of halogens is 1. The van der Waals surface area contributed by atoms with E-state index in [1.54, 1.807) is 0 Å². The second-order valence-electron chi connectivity index (χ2n) is 4.72. The zero-order valence-corrected chi connectivity index (χ0v) is 13.5. The molecule has 0 amide bonds. The fraction of sp³-hybridized carbons (Fsp3) is 0.417. The van der Waals surface area contributed by atoms with Crippen LogP contribution in [-0.4, -0.2) is 41.3 Å². The summed E-state index contributed by atoms with van der Waals surface area (Å²) >= 11 is 1.40. The quantitative estimate of drug-likeness (QED) is 0.872. The van der Waals surface area contributed by atoms with Gasteiger partial charge in [0.1, 0.15) is 0 Å². The molecule has 0 unspecified atom stereocenters. The van der Waals surface area contributed by atoms with E-state index in [0.717, 1.165) is 5.56 Å². The summed E-state index contributed by atoms with van der Waals surface area (Å²) in [6.07, 6.45) is 0. The molecule has 19 heavy (non-hydrogen) atoms. The average molecular weight is 363 g/mol. The molecule has 0 aliphatic carbocycles. The van der Waals surface area contributed by atoms with Gasteiger partial charge in [-0.3, -0.25) is 5.41 Å². The third kappa shape index (κ3) is 2.98. The van der Waals surface area contributed by atoms with Gasteiger partial charge in [-0.15, -0.1) is 17.0 Å². The van der Waals surface area contributed by atoms with Crippen LogP contribution in [0.1, 0.15) is 5.56 Å². The number of fused-ring (bicyclic) bond motifs is 1. The second-order valence-corrected chi connectivity index (χ2v) is 8.10. The van der Waals surface area contributed by atoms with Crippen molar-refractivity contribution in [2.45, 2.75) is 17.8 Å². The molecule has 2 aliphatic heterocycles. The molecule has 0 radical (unpaired) electrons. The van der Waals surface area contributed by atoms with E-state index in [1.807, 2.05) is 35.2 Å². The maximum atomic E-state index is 11.6. The van der Waals surface area contributed by atoms with Crippen molar-refractivity contribution in [3.8, 4) is 0 Å². The summed E-state index contributed by atoms with van der Waals surface area (Å²) in [5.74, 6) is 0.413. The summed E-state index contributed by atoms with van der Waals surface area (Å²) in [5.41, 5.74) is 1.12. The van der Waals surface area contributed by atoms with Crippen molar-refractivity contribution in [1.29, 1.82) is 5.41 Å². The molecular weight excluding hydrogens is 348 g/mol. The van der Waals surface area contributed by atoms with Gasteiger partial charge in [-0.25, -0.2) is 8.42 Å². The summed E-state index contributed by atoms with van der Waals surface area (Å²) in [5, 5.41) is 8.53. The molecule has 3 rings (SSSR count). The van der Waals surface area contributed by atoms with E-state index in [4.69, 9.17) is 5.41 Å². The topological polar surface area (TPSA) is 61.2 Å². The van der Waals surface area contributed by atoms with Crippen molar-refractivity contribution >= 4 is 43.7 Å². The van der Waals surface area contributed by atoms with Gasteiger partial charge in [-0.1, -0.05) is 42.1 Å². The lowest BCUT2D eigenvalue weighted by Crippen LogP contribution is -2.36. The Balaban J connectivity index is 0.00000133. The number of rotatable bonds is 2. The first-order chi connectivity index (χ1) is 8.55. The molecular formula is C12H15BrN2O2S2. The minimum absolute atomic E-state index is 0. The van der Waals surface area contributed by atoms with E-state index in [-0.39, 0.29) is 39.8 Å². The molecule has 2 fully saturated rings. The highest BCUT2D eigenvalue weighted by Gasteiger charge is 2.47. The van der Waals surface area contributed by atoms with Gasteiger partial charge in [0.05, 0.1) is 17.5 Å². The average Bonchev–Trinajstić information content (AvgIpc) is 2.74. The number of thioether (sulfide) groups is 1. The second kappa shape index (κ2) is 5.46. The Labute approximate surface area is 127 Å². The maximum absolute atomic E-state index is 11.6. The van der Waals surface area contributed by atoms with Crippen LogP contribution in [0.4, 0.5) is 0 Å². The SMILES string of the molecule is Br.N=C1S[C@H]2CS(=O)(=O)C[C@H]2N1Cc1ccccc1. The highest BCUT2D eigenvalue weighted by atomic mass is 79.9. The molecule has 2 atom stereocenters. The largest absolute Gasteiger partial charge is 0.342 e. The summed E-state index contributed by atoms with van der Waals surface area (Å²) < 4.78 is 23.3. The Morgan fingerprint density at radius 2 is 1.95 bits per heavy atom. The van der Waals surface area contributed by atoms with Crippen LogP contribution in [0, 0.1) is 5.41 Å². The zero-order valence-electron chi connectivity index (χ0n) is 10.2. The number of sulfone groups is 1. The van der Waals surface area contributed by atoms with Gasteiger partial charge in [0.25, 0.3) is 0 Å². The molecule has 1 aromatic carbocycles. The number of benzene rings is 1. The number of hydrogen-bond donors (Lipinski definition) is 1. The van der Waals surface area contributed by atoms with E-state index >= 15 is 0 Å². The minimum Gasteiger partial charge on any atom is -0.342 e. The van der Waals surface area contributed by atoms with Crippen LogP contribution in [0.2, 0.25) is 0 Å². The molecule has 104 valence electrons. The lowest BCUT2D eigenvalue weighted by atomic mass is 10.1. The molecule has 7 heteroatoms. The third-order valence-electron chi connectivity index (χ3n) is 3.39. The van der Waals surface area contributed by atoms with Crippen LogP contribution in [0.25, 0.3) is 0 Å². The number of hydrogen-bond acceptors (Lipinski definition) is 4. The van der Waals surface area contributed by atoms with Gasteiger partial charge in [0.2, 0.25) is 0 Å². The number of nitrogens with one attached hydrogen (secondary N) is 1. The number of amidine groups is 1. The van der Waals surface area contributed by atoms with Crippen molar-refractivity contribution in [2.24, 2.45) is 0 Å². The van der Waals surface area contributed by atoms with Crippen molar-refractivity contribution in [2.75, 3.05) is 11.5 Å². The highest BCUT2D eigenvalue weighted by Crippen LogP contribution is 2.38. The van der Waals surface area contributed by atoms with Gasteiger partial charge in [-0.2, -0.15) is 0 Å². The Morgan fingerprint density at radius 1 is 1.26 bits per heavy atom. The standard InChI is InChI=1S/C12H14N2O2S2.BrH/c13-12-14(6-9-4-2-1-3-5-9)10-7-18(15,16)8-11(10)17-12;/h1-5,10-11,13H,6-8H2;1H/t10-,11+;/m1./s1. The molecule has 0 spiro atoms. The Morgan fingerprint density at radius 3 is 2.63 bits per heavy atom. The predicted octanol–water partition coefficient (Wildman–Crippen LogP) is 1.91. The zero-order chi connectivity index (χ0) is 12.8. The first-order valence-corrected chi connectivity index (χ1v) is 8.51. The summed E-state index contributed by atoms with van der Waals surface area (Å²) in [4.78, 5) is 1.93. The van der Waals surface area contributed by atoms with Gasteiger partial charge in [0.15, 0.2) is 15.0 Å². The Hall–Kier alpha value is -0.530. The van der Waals surface area contributed by atoms with E-state index < -0.39 is 9.84 Å². The normalized spacial score (nSPS) is 28.0.